The molecule has 8 nitrogen and oxygen atoms in total. The van der Waals surface area contributed by atoms with E-state index in [0.717, 1.165) is 6.26 Å². The number of pyridine rings is 1. The van der Waals surface area contributed by atoms with Gasteiger partial charge in [0.25, 0.3) is 16.0 Å². The highest BCUT2D eigenvalue weighted by Crippen LogP contribution is 2.28. The second-order valence-electron chi connectivity index (χ2n) is 6.74. The molecular weight excluding hydrogens is 403 g/mol. The molecule has 1 unspecified atom stereocenters. The predicted molar refractivity (Wildman–Crippen MR) is 102 cm³/mol. The summed E-state index contributed by atoms with van der Waals surface area (Å²) in [6, 6.07) is 6.26. The first-order valence-electron chi connectivity index (χ1n) is 8.80. The van der Waals surface area contributed by atoms with Crippen LogP contribution in [-0.4, -0.2) is 38.0 Å². The third-order valence-corrected chi connectivity index (χ3v) is 5.21. The molecule has 154 valence electrons. The lowest BCUT2D eigenvalue weighted by atomic mass is 10.1. The van der Waals surface area contributed by atoms with Crippen molar-refractivity contribution in [3.05, 3.63) is 68.9 Å². The fourth-order valence-corrected chi connectivity index (χ4v) is 3.72. The van der Waals surface area contributed by atoms with E-state index in [9.17, 15) is 27.2 Å². The third-order valence-electron chi connectivity index (χ3n) is 4.64. The van der Waals surface area contributed by atoms with Gasteiger partial charge in [-0.3, -0.25) is 18.6 Å². The van der Waals surface area contributed by atoms with E-state index in [1.807, 2.05) is 0 Å². The predicted octanol–water partition coefficient (Wildman–Crippen LogP) is 1.19. The number of aldehydes is 1. The lowest BCUT2D eigenvalue weighted by Crippen LogP contribution is -2.33. The maximum Gasteiger partial charge on any atom is 0.269 e. The summed E-state index contributed by atoms with van der Waals surface area (Å²) in [5.41, 5.74) is 0.127. The summed E-state index contributed by atoms with van der Waals surface area (Å²) < 4.78 is 42.1. The van der Waals surface area contributed by atoms with Crippen LogP contribution in [0.2, 0.25) is 0 Å². The molecule has 0 bridgehead atoms. The number of hydrogen-bond donors (Lipinski definition) is 1. The molecule has 3 rings (SSSR count). The monoisotopic (exact) mass is 422 g/mol. The number of rotatable bonds is 7. The number of carbonyl (C=O) groups excluding carboxylic acids is 2. The Bertz CT molecular complexity index is 1110. The van der Waals surface area contributed by atoms with Crippen molar-refractivity contribution in [1.82, 2.24) is 9.88 Å². The highest BCUT2D eigenvalue weighted by atomic mass is 32.2. The van der Waals surface area contributed by atoms with Gasteiger partial charge >= 0.3 is 0 Å². The van der Waals surface area contributed by atoms with Crippen molar-refractivity contribution in [2.75, 3.05) is 12.9 Å². The quantitative estimate of drug-likeness (QED) is 0.530. The summed E-state index contributed by atoms with van der Waals surface area (Å²) in [5.74, 6) is -1.08. The first-order chi connectivity index (χ1) is 13.7. The molecule has 0 fully saturated rings. The molecule has 1 aromatic carbocycles. The Morgan fingerprint density at radius 3 is 2.66 bits per heavy atom. The number of hydrogen-bond acceptors (Lipinski definition) is 6. The largest absolute Gasteiger partial charge is 0.347 e. The van der Waals surface area contributed by atoms with E-state index >= 15 is 0 Å². The molecule has 1 atom stereocenters. The smallest absolute Gasteiger partial charge is 0.269 e. The zero-order valence-electron chi connectivity index (χ0n) is 15.6. The van der Waals surface area contributed by atoms with Crippen molar-refractivity contribution >= 4 is 22.3 Å². The molecule has 1 amide bonds. The maximum absolute atomic E-state index is 13.0. The van der Waals surface area contributed by atoms with Gasteiger partial charge < -0.3 is 9.88 Å². The Morgan fingerprint density at radius 2 is 2.03 bits per heavy atom. The number of halogens is 1. The number of carbonyl (C=O) groups is 2. The highest BCUT2D eigenvalue weighted by Gasteiger charge is 2.30. The van der Waals surface area contributed by atoms with Crippen molar-refractivity contribution in [1.29, 1.82) is 0 Å². The standard InChI is InChI=1S/C19H19FN2O6S/c1-29(26,27)28-11-15-7-6-14-8-17(24)16(10-23)18(22(14)15)19(25)21-9-12-2-4-13(20)5-3-12/h2-5,8,10,15H,6-7,9,11H2,1H3,(H,21,25). The molecule has 1 aliphatic heterocycles. The molecule has 0 aliphatic carbocycles. The van der Waals surface area contributed by atoms with Crippen LogP contribution in [0.4, 0.5) is 4.39 Å². The van der Waals surface area contributed by atoms with Crippen LogP contribution in [0.1, 0.15) is 44.6 Å². The van der Waals surface area contributed by atoms with Crippen LogP contribution in [0, 0.1) is 5.82 Å². The van der Waals surface area contributed by atoms with E-state index in [-0.39, 0.29) is 24.4 Å². The average Bonchev–Trinajstić information content (AvgIpc) is 3.06. The van der Waals surface area contributed by atoms with E-state index in [1.54, 1.807) is 0 Å². The molecule has 1 aliphatic rings. The number of nitrogens with one attached hydrogen (secondary N) is 1. The fraction of sp³-hybridized carbons (Fsp3) is 0.316. The molecule has 1 N–H and O–H groups in total. The second kappa shape index (κ2) is 8.26. The molecule has 29 heavy (non-hydrogen) atoms. The molecule has 0 spiro atoms. The van der Waals surface area contributed by atoms with Gasteiger partial charge in [-0.2, -0.15) is 8.42 Å². The second-order valence-corrected chi connectivity index (χ2v) is 8.38. The van der Waals surface area contributed by atoms with Crippen LogP contribution in [0.25, 0.3) is 0 Å². The van der Waals surface area contributed by atoms with Crippen molar-refractivity contribution in [3.8, 4) is 0 Å². The lowest BCUT2D eigenvalue weighted by molar-refractivity contribution is 0.0930. The first-order valence-corrected chi connectivity index (χ1v) is 10.6. The van der Waals surface area contributed by atoms with E-state index in [2.05, 4.69) is 5.32 Å². The first kappa shape index (κ1) is 20.9. The summed E-state index contributed by atoms with van der Waals surface area (Å²) in [6.07, 6.45) is 2.12. The summed E-state index contributed by atoms with van der Waals surface area (Å²) >= 11 is 0. The number of nitrogens with zero attached hydrogens (tertiary/aromatic N) is 1. The molecule has 2 aromatic rings. The Kier molecular flexibility index (Phi) is 5.94. The molecule has 0 radical (unpaired) electrons. The molecule has 1 aromatic heterocycles. The van der Waals surface area contributed by atoms with Gasteiger partial charge in [0, 0.05) is 18.3 Å². The molecule has 0 saturated heterocycles. The molecule has 10 heteroatoms. The van der Waals surface area contributed by atoms with Crippen LogP contribution >= 0.6 is 0 Å². The van der Waals surface area contributed by atoms with Gasteiger partial charge in [-0.1, -0.05) is 12.1 Å². The minimum Gasteiger partial charge on any atom is -0.347 e. The zero-order valence-corrected chi connectivity index (χ0v) is 16.4. The minimum absolute atomic E-state index is 0.0559. The topological polar surface area (TPSA) is 112 Å². The Hall–Kier alpha value is -2.85. The zero-order chi connectivity index (χ0) is 21.2. The minimum atomic E-state index is -3.70. The summed E-state index contributed by atoms with van der Waals surface area (Å²) in [7, 11) is -3.70. The van der Waals surface area contributed by atoms with Crippen LogP contribution in [-0.2, 0) is 27.3 Å². The van der Waals surface area contributed by atoms with Crippen LogP contribution < -0.4 is 10.7 Å². The fourth-order valence-electron chi connectivity index (χ4n) is 3.32. The van der Waals surface area contributed by atoms with Crippen molar-refractivity contribution in [3.63, 3.8) is 0 Å². The van der Waals surface area contributed by atoms with E-state index in [0.29, 0.717) is 30.4 Å². The highest BCUT2D eigenvalue weighted by molar-refractivity contribution is 7.85. The van der Waals surface area contributed by atoms with Crippen molar-refractivity contribution in [2.24, 2.45) is 0 Å². The van der Waals surface area contributed by atoms with Gasteiger partial charge in [0.1, 0.15) is 11.5 Å². The van der Waals surface area contributed by atoms with Crippen molar-refractivity contribution < 1.29 is 26.6 Å². The Labute approximate surface area is 166 Å². The van der Waals surface area contributed by atoms with Crippen molar-refractivity contribution in [2.45, 2.75) is 25.4 Å². The SMILES string of the molecule is CS(=O)(=O)OCC1CCc2cc(=O)c(C=O)c(C(=O)NCc3ccc(F)cc3)n21. The van der Waals surface area contributed by atoms with Gasteiger partial charge in [0.15, 0.2) is 11.7 Å². The molecule has 0 saturated carbocycles. The normalized spacial score (nSPS) is 15.7. The Morgan fingerprint density at radius 1 is 1.34 bits per heavy atom. The summed E-state index contributed by atoms with van der Waals surface area (Å²) in [5, 5.41) is 2.62. The van der Waals surface area contributed by atoms with Gasteiger partial charge in [-0.05, 0) is 30.5 Å². The molecule has 2 heterocycles. The number of fused-ring (bicyclic) bond motifs is 1. The van der Waals surface area contributed by atoms with Crippen LogP contribution in [0.15, 0.2) is 35.1 Å². The van der Waals surface area contributed by atoms with Gasteiger partial charge in [-0.15, -0.1) is 0 Å². The number of amides is 1. The van der Waals surface area contributed by atoms with Gasteiger partial charge in [0.2, 0.25) is 0 Å². The Balaban J connectivity index is 1.93. The summed E-state index contributed by atoms with van der Waals surface area (Å²) in [4.78, 5) is 36.7. The maximum atomic E-state index is 13.0. The lowest BCUT2D eigenvalue weighted by Gasteiger charge is -2.20. The van der Waals surface area contributed by atoms with E-state index < -0.39 is 33.3 Å². The average molecular weight is 422 g/mol. The summed E-state index contributed by atoms with van der Waals surface area (Å²) in [6.45, 7) is -0.161. The van der Waals surface area contributed by atoms with Gasteiger partial charge in [0.05, 0.1) is 24.5 Å². The van der Waals surface area contributed by atoms with Crippen LogP contribution in [0.5, 0.6) is 0 Å². The van der Waals surface area contributed by atoms with Crippen LogP contribution in [0.3, 0.4) is 0 Å². The molecular formula is C19H19FN2O6S. The number of aryl methyl sites for hydroxylation is 1. The third kappa shape index (κ3) is 4.77. The van der Waals surface area contributed by atoms with E-state index in [4.69, 9.17) is 4.18 Å². The van der Waals surface area contributed by atoms with E-state index in [1.165, 1.54) is 34.9 Å². The number of aromatic nitrogens is 1. The number of benzene rings is 1. The van der Waals surface area contributed by atoms with Gasteiger partial charge in [-0.25, -0.2) is 4.39 Å².